The first-order valence-corrected chi connectivity index (χ1v) is 10.8. The molecule has 0 saturated carbocycles. The summed E-state index contributed by atoms with van der Waals surface area (Å²) in [5.41, 5.74) is 1.97. The third-order valence-electron chi connectivity index (χ3n) is 6.35. The Kier molecular flexibility index (Phi) is 4.48. The third kappa shape index (κ3) is 3.02. The molecule has 0 aliphatic carbocycles. The predicted molar refractivity (Wildman–Crippen MR) is 123 cm³/mol. The molecule has 33 heavy (non-hydrogen) atoms. The first-order chi connectivity index (χ1) is 16.1. The Labute approximate surface area is 189 Å². The molecule has 162 valence electrons. The smallest absolute Gasteiger partial charge is 0.266 e. The molecule has 2 aliphatic rings. The van der Waals surface area contributed by atoms with Crippen molar-refractivity contribution in [2.75, 3.05) is 9.96 Å². The molecule has 6 heteroatoms. The minimum atomic E-state index is -0.966. The van der Waals surface area contributed by atoms with Crippen molar-refractivity contribution in [1.29, 1.82) is 0 Å². The van der Waals surface area contributed by atoms with Gasteiger partial charge in [0.2, 0.25) is 5.91 Å². The highest BCUT2D eigenvalue weighted by atomic mass is 19.1. The van der Waals surface area contributed by atoms with E-state index in [0.29, 0.717) is 11.3 Å². The number of fused-ring (bicyclic) bond motifs is 2. The maximum atomic E-state index is 13.8. The fourth-order valence-electron chi connectivity index (χ4n) is 4.85. The van der Waals surface area contributed by atoms with Gasteiger partial charge < -0.3 is 0 Å². The summed E-state index contributed by atoms with van der Waals surface area (Å²) >= 11 is 0. The molecule has 0 spiro atoms. The normalized spacial score (nSPS) is 22.3. The van der Waals surface area contributed by atoms with Crippen LogP contribution < -0.4 is 9.96 Å². The molecular formula is C27H19FN2O3. The maximum absolute atomic E-state index is 13.8. The van der Waals surface area contributed by atoms with E-state index in [2.05, 4.69) is 0 Å². The van der Waals surface area contributed by atoms with E-state index < -0.39 is 24.0 Å². The van der Waals surface area contributed by atoms with Crippen molar-refractivity contribution in [2.24, 2.45) is 5.92 Å². The van der Waals surface area contributed by atoms with Crippen LogP contribution in [-0.2, 0) is 14.4 Å². The van der Waals surface area contributed by atoms with Gasteiger partial charge in [0, 0.05) is 5.39 Å². The van der Waals surface area contributed by atoms with Crippen LogP contribution in [0.5, 0.6) is 0 Å². The van der Waals surface area contributed by atoms with E-state index in [9.17, 15) is 14.0 Å². The molecular weight excluding hydrogens is 419 g/mol. The molecule has 0 bridgehead atoms. The molecule has 0 N–H and O–H groups in total. The first kappa shape index (κ1) is 19.6. The summed E-state index contributed by atoms with van der Waals surface area (Å²) in [7, 11) is 0. The van der Waals surface area contributed by atoms with Gasteiger partial charge in [-0.1, -0.05) is 66.7 Å². The SMILES string of the molecule is O=C1C2ON(c3ccccc3)C(c3ccc(F)cc3)C2C(=O)N1c1cccc2ccccc12. The number of hydroxylamine groups is 1. The summed E-state index contributed by atoms with van der Waals surface area (Å²) in [4.78, 5) is 34.7. The molecule has 2 amide bonds. The van der Waals surface area contributed by atoms with Crippen LogP contribution in [0.1, 0.15) is 11.6 Å². The number of carbonyl (C=O) groups is 2. The van der Waals surface area contributed by atoms with Crippen LogP contribution in [-0.4, -0.2) is 17.9 Å². The Hall–Kier alpha value is -4.03. The Morgan fingerprint density at radius 3 is 2.21 bits per heavy atom. The van der Waals surface area contributed by atoms with E-state index >= 15 is 0 Å². The van der Waals surface area contributed by atoms with Gasteiger partial charge in [-0.3, -0.25) is 14.4 Å². The van der Waals surface area contributed by atoms with E-state index in [-0.39, 0.29) is 11.7 Å². The van der Waals surface area contributed by atoms with Crippen LogP contribution in [0.2, 0.25) is 0 Å². The lowest BCUT2D eigenvalue weighted by atomic mass is 9.90. The number of hydrogen-bond acceptors (Lipinski definition) is 4. The zero-order chi connectivity index (χ0) is 22.5. The van der Waals surface area contributed by atoms with E-state index in [0.717, 1.165) is 16.5 Å². The maximum Gasteiger partial charge on any atom is 0.266 e. The highest BCUT2D eigenvalue weighted by Gasteiger charge is 2.60. The van der Waals surface area contributed by atoms with Crippen LogP contribution in [0, 0.1) is 11.7 Å². The standard InChI is InChI=1S/C27H19FN2O3/c28-19-15-13-18(14-16-19)24-23-25(33-30(24)20-9-2-1-3-10-20)27(32)29(26(23)31)22-12-6-8-17-7-4-5-11-21(17)22/h1-16,23-25H. The summed E-state index contributed by atoms with van der Waals surface area (Å²) < 4.78 is 13.7. The minimum Gasteiger partial charge on any atom is -0.273 e. The second kappa shape index (κ2) is 7.53. The molecule has 2 heterocycles. The van der Waals surface area contributed by atoms with E-state index in [1.165, 1.54) is 17.0 Å². The molecule has 5 nitrogen and oxygen atoms in total. The number of carbonyl (C=O) groups excluding carboxylic acids is 2. The molecule has 0 aromatic heterocycles. The molecule has 4 aromatic carbocycles. The number of amides is 2. The van der Waals surface area contributed by atoms with E-state index in [1.54, 1.807) is 23.3 Å². The lowest BCUT2D eigenvalue weighted by Crippen LogP contribution is -2.37. The summed E-state index contributed by atoms with van der Waals surface area (Å²) in [6, 6.07) is 27.9. The Morgan fingerprint density at radius 1 is 0.727 bits per heavy atom. The van der Waals surface area contributed by atoms with Gasteiger partial charge in [0.25, 0.3) is 5.91 Å². The average Bonchev–Trinajstić information content (AvgIpc) is 3.36. The summed E-state index contributed by atoms with van der Waals surface area (Å²) in [5, 5.41) is 3.37. The van der Waals surface area contributed by atoms with Crippen LogP contribution in [0.15, 0.2) is 97.1 Å². The average molecular weight is 438 g/mol. The zero-order valence-corrected chi connectivity index (χ0v) is 17.5. The number of halogens is 1. The van der Waals surface area contributed by atoms with Crippen LogP contribution in [0.25, 0.3) is 10.8 Å². The molecule has 3 atom stereocenters. The highest BCUT2D eigenvalue weighted by molar-refractivity contribution is 6.26. The lowest BCUT2D eigenvalue weighted by Gasteiger charge is -2.29. The van der Waals surface area contributed by atoms with Gasteiger partial charge in [0.1, 0.15) is 11.7 Å². The molecule has 2 fully saturated rings. The minimum absolute atomic E-state index is 0.325. The number of benzene rings is 4. The fraction of sp³-hybridized carbons (Fsp3) is 0.111. The van der Waals surface area contributed by atoms with Crippen molar-refractivity contribution in [3.8, 4) is 0 Å². The van der Waals surface area contributed by atoms with Crippen LogP contribution in [0.3, 0.4) is 0 Å². The zero-order valence-electron chi connectivity index (χ0n) is 17.5. The van der Waals surface area contributed by atoms with Gasteiger partial charge in [-0.05, 0) is 41.3 Å². The topological polar surface area (TPSA) is 49.9 Å². The van der Waals surface area contributed by atoms with Gasteiger partial charge in [-0.2, -0.15) is 0 Å². The van der Waals surface area contributed by atoms with Gasteiger partial charge in [0.15, 0.2) is 6.10 Å². The fourth-order valence-corrected chi connectivity index (χ4v) is 4.85. The highest BCUT2D eigenvalue weighted by Crippen LogP contribution is 2.48. The number of nitrogens with zero attached hydrogens (tertiary/aromatic N) is 2. The van der Waals surface area contributed by atoms with Crippen molar-refractivity contribution >= 4 is 34.0 Å². The number of para-hydroxylation sites is 1. The molecule has 2 aliphatic heterocycles. The number of hydrogen-bond donors (Lipinski definition) is 0. The van der Waals surface area contributed by atoms with Gasteiger partial charge in [-0.15, -0.1) is 0 Å². The monoisotopic (exact) mass is 438 g/mol. The Balaban J connectivity index is 1.46. The van der Waals surface area contributed by atoms with Crippen molar-refractivity contribution < 1.29 is 18.8 Å². The summed E-state index contributed by atoms with van der Waals surface area (Å²) in [5.74, 6) is -1.85. The van der Waals surface area contributed by atoms with Crippen LogP contribution in [0.4, 0.5) is 15.8 Å². The van der Waals surface area contributed by atoms with Crippen molar-refractivity contribution in [3.05, 3.63) is 108 Å². The second-order valence-corrected chi connectivity index (χ2v) is 8.22. The van der Waals surface area contributed by atoms with Crippen molar-refractivity contribution in [2.45, 2.75) is 12.1 Å². The van der Waals surface area contributed by atoms with E-state index in [1.807, 2.05) is 66.7 Å². The number of imide groups is 1. The Bertz CT molecular complexity index is 1370. The predicted octanol–water partition coefficient (Wildman–Crippen LogP) is 5.03. The third-order valence-corrected chi connectivity index (χ3v) is 6.35. The molecule has 3 unspecified atom stereocenters. The summed E-state index contributed by atoms with van der Waals surface area (Å²) in [6.07, 6.45) is -0.966. The lowest BCUT2D eigenvalue weighted by molar-refractivity contribution is -0.126. The van der Waals surface area contributed by atoms with Crippen molar-refractivity contribution in [3.63, 3.8) is 0 Å². The largest absolute Gasteiger partial charge is 0.273 e. The molecule has 4 aromatic rings. The quantitative estimate of drug-likeness (QED) is 0.421. The van der Waals surface area contributed by atoms with Gasteiger partial charge in [0.05, 0.1) is 17.4 Å². The number of anilines is 2. The Morgan fingerprint density at radius 2 is 1.42 bits per heavy atom. The molecule has 0 radical (unpaired) electrons. The van der Waals surface area contributed by atoms with Gasteiger partial charge in [-0.25, -0.2) is 14.4 Å². The number of rotatable bonds is 3. The summed E-state index contributed by atoms with van der Waals surface area (Å²) in [6.45, 7) is 0. The first-order valence-electron chi connectivity index (χ1n) is 10.8. The van der Waals surface area contributed by atoms with Crippen LogP contribution >= 0.6 is 0 Å². The second-order valence-electron chi connectivity index (χ2n) is 8.22. The van der Waals surface area contributed by atoms with Gasteiger partial charge >= 0.3 is 0 Å². The molecule has 2 saturated heterocycles. The van der Waals surface area contributed by atoms with Crippen molar-refractivity contribution in [1.82, 2.24) is 0 Å². The molecule has 6 rings (SSSR count). The van der Waals surface area contributed by atoms with E-state index in [4.69, 9.17) is 4.84 Å².